The highest BCUT2D eigenvalue weighted by Crippen LogP contribution is 2.30. The summed E-state index contributed by atoms with van der Waals surface area (Å²) in [4.78, 5) is 0. The minimum absolute atomic E-state index is 0.0282. The summed E-state index contributed by atoms with van der Waals surface area (Å²) in [7, 11) is 0. The van der Waals surface area contributed by atoms with Crippen LogP contribution in [0.3, 0.4) is 0 Å². The van der Waals surface area contributed by atoms with Crippen LogP contribution in [0.5, 0.6) is 11.5 Å². The molecule has 0 unspecified atom stereocenters. The summed E-state index contributed by atoms with van der Waals surface area (Å²) in [6, 6.07) is 9.03. The zero-order chi connectivity index (χ0) is 23.9. The maximum atomic E-state index is 13.7. The molecule has 2 rings (SSSR count). The molecule has 4 nitrogen and oxygen atoms in total. The number of unbranched alkanes of at least 4 members (excludes halogenated alkanes) is 12. The Bertz CT molecular complexity index is 866. The molecule has 0 heterocycles. The molecular formula is C28H40FNO3. The van der Waals surface area contributed by atoms with Crippen LogP contribution in [0.4, 0.5) is 4.39 Å². The summed E-state index contributed by atoms with van der Waals surface area (Å²) in [5, 5.41) is 32.6. The number of rotatable bonds is 16. The van der Waals surface area contributed by atoms with Crippen molar-refractivity contribution in [3.8, 4) is 22.6 Å². The highest BCUT2D eigenvalue weighted by Gasteiger charge is 2.13. The topological polar surface area (TPSA) is 73.1 Å². The molecule has 182 valence electrons. The molecule has 5 heteroatoms. The second-order valence-electron chi connectivity index (χ2n) is 8.94. The van der Waals surface area contributed by atoms with E-state index >= 15 is 0 Å². The minimum atomic E-state index is -0.704. The summed E-state index contributed by atoms with van der Waals surface area (Å²) < 4.78 is 13.7. The first-order chi connectivity index (χ1) is 16.1. The number of phenols is 2. The fraction of sp³-hybridized carbons (Fsp3) is 0.536. The van der Waals surface area contributed by atoms with Crippen molar-refractivity contribution < 1.29 is 19.8 Å². The van der Waals surface area contributed by atoms with Crippen molar-refractivity contribution >= 4 is 5.71 Å². The van der Waals surface area contributed by atoms with E-state index in [1.54, 1.807) is 18.2 Å². The lowest BCUT2D eigenvalue weighted by Crippen LogP contribution is -2.02. The van der Waals surface area contributed by atoms with E-state index in [0.29, 0.717) is 28.8 Å². The van der Waals surface area contributed by atoms with Gasteiger partial charge < -0.3 is 15.4 Å². The van der Waals surface area contributed by atoms with Crippen LogP contribution in [0.1, 0.15) is 102 Å². The van der Waals surface area contributed by atoms with Gasteiger partial charge in [0.25, 0.3) is 0 Å². The van der Waals surface area contributed by atoms with Gasteiger partial charge in [-0.25, -0.2) is 4.39 Å². The standard InChI is InChI=1S/C28H40FNO3/c1-2-3-4-5-6-7-8-9-10-11-12-13-14-15-26(30-33)24-20-22(16-18-27(24)31)23-17-19-28(32)25(29)21-23/h16-21,31-33H,2-15H2,1H3/b30-26+. The highest BCUT2D eigenvalue weighted by molar-refractivity contribution is 6.03. The Morgan fingerprint density at radius 3 is 1.70 bits per heavy atom. The summed E-state index contributed by atoms with van der Waals surface area (Å²) in [5.74, 6) is -1.08. The maximum absolute atomic E-state index is 13.7. The van der Waals surface area contributed by atoms with E-state index in [9.17, 15) is 19.8 Å². The van der Waals surface area contributed by atoms with Gasteiger partial charge in [0.05, 0.1) is 5.71 Å². The zero-order valence-electron chi connectivity index (χ0n) is 20.0. The number of hydrogen-bond donors (Lipinski definition) is 3. The first-order valence-electron chi connectivity index (χ1n) is 12.6. The molecule has 0 aliphatic rings. The smallest absolute Gasteiger partial charge is 0.165 e. The van der Waals surface area contributed by atoms with Crippen molar-refractivity contribution in [1.82, 2.24) is 0 Å². The fourth-order valence-electron chi connectivity index (χ4n) is 4.18. The van der Waals surface area contributed by atoms with Gasteiger partial charge in [-0.1, -0.05) is 101 Å². The number of phenolic OH excluding ortho intramolecular Hbond substituents is 2. The summed E-state index contributed by atoms with van der Waals surface area (Å²) in [6.45, 7) is 2.25. The first kappa shape index (κ1) is 26.7. The monoisotopic (exact) mass is 457 g/mol. The molecule has 2 aromatic rings. The van der Waals surface area contributed by atoms with Gasteiger partial charge in [-0.2, -0.15) is 0 Å². The molecule has 0 radical (unpaired) electrons. The number of aromatic hydroxyl groups is 2. The number of oxime groups is 1. The number of hydrogen-bond acceptors (Lipinski definition) is 4. The molecule has 0 saturated carbocycles. The van der Waals surface area contributed by atoms with E-state index in [1.165, 1.54) is 82.4 Å². The number of benzene rings is 2. The van der Waals surface area contributed by atoms with Crippen molar-refractivity contribution in [2.75, 3.05) is 0 Å². The van der Waals surface area contributed by atoms with Crippen LogP contribution in [0.25, 0.3) is 11.1 Å². The molecule has 0 bridgehead atoms. The molecule has 0 spiro atoms. The Labute approximate surface area is 198 Å². The second kappa shape index (κ2) is 15.3. The van der Waals surface area contributed by atoms with Crippen molar-refractivity contribution in [1.29, 1.82) is 0 Å². The average molecular weight is 458 g/mol. The molecular weight excluding hydrogens is 417 g/mol. The number of halogens is 1. The third-order valence-corrected chi connectivity index (χ3v) is 6.23. The zero-order valence-corrected chi connectivity index (χ0v) is 20.0. The summed E-state index contributed by atoms with van der Waals surface area (Å²) >= 11 is 0. The molecule has 0 fully saturated rings. The van der Waals surface area contributed by atoms with E-state index in [-0.39, 0.29) is 5.75 Å². The Morgan fingerprint density at radius 2 is 1.18 bits per heavy atom. The number of nitrogens with zero attached hydrogens (tertiary/aromatic N) is 1. The van der Waals surface area contributed by atoms with Crippen molar-refractivity contribution in [2.24, 2.45) is 5.16 Å². The predicted molar refractivity (Wildman–Crippen MR) is 134 cm³/mol. The lowest BCUT2D eigenvalue weighted by molar-refractivity contribution is 0.317. The van der Waals surface area contributed by atoms with E-state index in [2.05, 4.69) is 12.1 Å². The van der Waals surface area contributed by atoms with Crippen molar-refractivity contribution in [2.45, 2.75) is 96.8 Å². The molecule has 3 N–H and O–H groups in total. The molecule has 0 atom stereocenters. The third-order valence-electron chi connectivity index (χ3n) is 6.23. The Hall–Kier alpha value is -2.56. The van der Waals surface area contributed by atoms with Gasteiger partial charge in [-0.05, 0) is 48.2 Å². The predicted octanol–water partition coefficient (Wildman–Crippen LogP) is 8.56. The van der Waals surface area contributed by atoms with E-state index in [4.69, 9.17) is 0 Å². The van der Waals surface area contributed by atoms with Gasteiger partial charge in [0.2, 0.25) is 0 Å². The van der Waals surface area contributed by atoms with Gasteiger partial charge in [0.1, 0.15) is 5.75 Å². The molecule has 0 saturated heterocycles. The van der Waals surface area contributed by atoms with Crippen LogP contribution < -0.4 is 0 Å². The Morgan fingerprint density at radius 1 is 0.697 bits per heavy atom. The first-order valence-corrected chi connectivity index (χ1v) is 12.6. The minimum Gasteiger partial charge on any atom is -0.507 e. The van der Waals surface area contributed by atoms with Crippen LogP contribution in [0.2, 0.25) is 0 Å². The van der Waals surface area contributed by atoms with Gasteiger partial charge in [0, 0.05) is 5.56 Å². The van der Waals surface area contributed by atoms with Crippen LogP contribution in [0.15, 0.2) is 41.6 Å². The third kappa shape index (κ3) is 9.45. The SMILES string of the molecule is CCCCCCCCCCCCCCC/C(=N\O)c1cc(-c2ccc(O)c(F)c2)ccc1O. The molecule has 0 aliphatic carbocycles. The van der Waals surface area contributed by atoms with Crippen LogP contribution in [0, 0.1) is 5.82 Å². The molecule has 0 aliphatic heterocycles. The van der Waals surface area contributed by atoms with Crippen LogP contribution in [-0.2, 0) is 0 Å². The van der Waals surface area contributed by atoms with Gasteiger partial charge in [-0.15, -0.1) is 0 Å². The van der Waals surface area contributed by atoms with E-state index in [0.717, 1.165) is 19.3 Å². The Balaban J connectivity index is 1.72. The second-order valence-corrected chi connectivity index (χ2v) is 8.94. The lowest BCUT2D eigenvalue weighted by Gasteiger charge is -2.10. The van der Waals surface area contributed by atoms with Gasteiger partial charge in [-0.3, -0.25) is 0 Å². The van der Waals surface area contributed by atoms with Gasteiger partial charge >= 0.3 is 0 Å². The molecule has 2 aromatic carbocycles. The highest BCUT2D eigenvalue weighted by atomic mass is 19.1. The lowest BCUT2D eigenvalue weighted by atomic mass is 9.97. The summed E-state index contributed by atoms with van der Waals surface area (Å²) in [6.07, 6.45) is 17.0. The van der Waals surface area contributed by atoms with Crippen LogP contribution >= 0.6 is 0 Å². The molecule has 0 aromatic heterocycles. The quantitative estimate of drug-likeness (QED) is 0.102. The van der Waals surface area contributed by atoms with Gasteiger partial charge in [0.15, 0.2) is 11.6 Å². The normalized spacial score (nSPS) is 11.8. The fourth-order valence-corrected chi connectivity index (χ4v) is 4.18. The molecule has 33 heavy (non-hydrogen) atoms. The molecule has 0 amide bonds. The largest absolute Gasteiger partial charge is 0.507 e. The average Bonchev–Trinajstić information content (AvgIpc) is 2.82. The van der Waals surface area contributed by atoms with E-state index < -0.39 is 11.6 Å². The van der Waals surface area contributed by atoms with Crippen molar-refractivity contribution in [3.63, 3.8) is 0 Å². The summed E-state index contributed by atoms with van der Waals surface area (Å²) in [5.41, 5.74) is 2.12. The maximum Gasteiger partial charge on any atom is 0.165 e. The Kier molecular flexibility index (Phi) is 12.4. The van der Waals surface area contributed by atoms with E-state index in [1.807, 2.05) is 0 Å². The van der Waals surface area contributed by atoms with Crippen LogP contribution in [-0.4, -0.2) is 21.1 Å². The van der Waals surface area contributed by atoms with Crippen molar-refractivity contribution in [3.05, 3.63) is 47.8 Å².